The van der Waals surface area contributed by atoms with Crippen molar-refractivity contribution >= 4 is 28.6 Å². The van der Waals surface area contributed by atoms with Crippen molar-refractivity contribution < 1.29 is 14.6 Å². The Morgan fingerprint density at radius 2 is 2.07 bits per heavy atom. The second-order valence-corrected chi connectivity index (χ2v) is 4.12. The molecule has 0 amide bonds. The molecule has 0 aliphatic rings. The lowest BCUT2D eigenvalue weighted by Crippen LogP contribution is -2.09. The Hall–Kier alpha value is -0.620. The van der Waals surface area contributed by atoms with Crippen LogP contribution in [0.15, 0.2) is 24.3 Å². The van der Waals surface area contributed by atoms with Crippen molar-refractivity contribution in [2.24, 2.45) is 0 Å². The molecule has 0 fully saturated rings. The van der Waals surface area contributed by atoms with E-state index < -0.39 is 6.10 Å². The fourth-order valence-electron chi connectivity index (χ4n) is 0.977. The van der Waals surface area contributed by atoms with Crippen LogP contribution in [0.25, 0.3) is 0 Å². The number of halogens is 1. The number of carbonyl (C=O) groups excluding carboxylic acids is 1. The Kier molecular flexibility index (Phi) is 4.34. The smallest absolute Gasteiger partial charge is 0.302 e. The van der Waals surface area contributed by atoms with Gasteiger partial charge in [-0.05, 0) is 40.3 Å². The van der Waals surface area contributed by atoms with Gasteiger partial charge in [-0.15, -0.1) is 0 Å². The first-order chi connectivity index (χ1) is 6.59. The third-order valence-electron chi connectivity index (χ3n) is 1.70. The molecular formula is C10H11IO3. The van der Waals surface area contributed by atoms with Crippen molar-refractivity contribution in [2.75, 3.05) is 6.61 Å². The average Bonchev–Trinajstić information content (AvgIpc) is 2.15. The first-order valence-electron chi connectivity index (χ1n) is 4.16. The van der Waals surface area contributed by atoms with Crippen molar-refractivity contribution in [3.05, 3.63) is 33.4 Å². The monoisotopic (exact) mass is 306 g/mol. The Balaban J connectivity index is 2.56. The maximum absolute atomic E-state index is 10.5. The van der Waals surface area contributed by atoms with Crippen LogP contribution in [0.4, 0.5) is 0 Å². The second kappa shape index (κ2) is 5.31. The predicted molar refractivity (Wildman–Crippen MR) is 60.8 cm³/mol. The van der Waals surface area contributed by atoms with Gasteiger partial charge in [-0.1, -0.05) is 12.1 Å². The Morgan fingerprint density at radius 1 is 1.50 bits per heavy atom. The van der Waals surface area contributed by atoms with Crippen LogP contribution in [-0.2, 0) is 9.53 Å². The number of hydrogen-bond donors (Lipinski definition) is 1. The highest BCUT2D eigenvalue weighted by molar-refractivity contribution is 14.1. The third-order valence-corrected chi connectivity index (χ3v) is 2.42. The molecule has 1 aromatic carbocycles. The fourth-order valence-corrected chi connectivity index (χ4v) is 1.34. The van der Waals surface area contributed by atoms with E-state index in [1.54, 1.807) is 0 Å². The number of aliphatic hydroxyl groups excluding tert-OH is 1. The normalized spacial score (nSPS) is 12.2. The summed E-state index contributed by atoms with van der Waals surface area (Å²) in [6, 6.07) is 7.42. The van der Waals surface area contributed by atoms with E-state index in [0.717, 1.165) is 9.13 Å². The molecular weight excluding hydrogens is 295 g/mol. The molecule has 0 heterocycles. The van der Waals surface area contributed by atoms with E-state index in [0.29, 0.717) is 0 Å². The van der Waals surface area contributed by atoms with Gasteiger partial charge in [-0.2, -0.15) is 0 Å². The van der Waals surface area contributed by atoms with Gasteiger partial charge in [-0.25, -0.2) is 0 Å². The standard InChI is InChI=1S/C10H11IO3/c1-7(12)14-6-10(13)8-2-4-9(11)5-3-8/h2-5,10,13H,6H2,1H3. The summed E-state index contributed by atoms with van der Waals surface area (Å²) in [7, 11) is 0. The maximum Gasteiger partial charge on any atom is 0.302 e. The molecule has 1 atom stereocenters. The van der Waals surface area contributed by atoms with Crippen LogP contribution in [0.2, 0.25) is 0 Å². The van der Waals surface area contributed by atoms with Gasteiger partial charge in [-0.3, -0.25) is 4.79 Å². The van der Waals surface area contributed by atoms with Gasteiger partial charge in [0.15, 0.2) is 0 Å². The largest absolute Gasteiger partial charge is 0.463 e. The highest BCUT2D eigenvalue weighted by Gasteiger charge is 2.08. The zero-order valence-corrected chi connectivity index (χ0v) is 9.89. The summed E-state index contributed by atoms with van der Waals surface area (Å²) in [6.07, 6.45) is -0.740. The molecule has 3 nitrogen and oxygen atoms in total. The van der Waals surface area contributed by atoms with Crippen molar-refractivity contribution in [1.82, 2.24) is 0 Å². The number of benzene rings is 1. The molecule has 14 heavy (non-hydrogen) atoms. The molecule has 0 saturated carbocycles. The van der Waals surface area contributed by atoms with E-state index in [2.05, 4.69) is 22.6 Å². The zero-order chi connectivity index (χ0) is 10.6. The van der Waals surface area contributed by atoms with Crippen LogP contribution < -0.4 is 0 Å². The van der Waals surface area contributed by atoms with E-state index in [-0.39, 0.29) is 12.6 Å². The summed E-state index contributed by atoms with van der Waals surface area (Å²) in [4.78, 5) is 10.5. The number of carbonyl (C=O) groups is 1. The third kappa shape index (κ3) is 3.63. The summed E-state index contributed by atoms with van der Waals surface area (Å²) >= 11 is 2.18. The van der Waals surface area contributed by atoms with E-state index in [1.807, 2.05) is 24.3 Å². The molecule has 0 saturated heterocycles. The lowest BCUT2D eigenvalue weighted by molar-refractivity contribution is -0.144. The van der Waals surface area contributed by atoms with Gasteiger partial charge in [0.1, 0.15) is 12.7 Å². The Labute approximate surface area is 96.2 Å². The lowest BCUT2D eigenvalue weighted by Gasteiger charge is -2.10. The van der Waals surface area contributed by atoms with Crippen molar-refractivity contribution in [3.8, 4) is 0 Å². The second-order valence-electron chi connectivity index (χ2n) is 2.87. The Morgan fingerprint density at radius 3 is 2.57 bits per heavy atom. The minimum Gasteiger partial charge on any atom is -0.463 e. The summed E-state index contributed by atoms with van der Waals surface area (Å²) < 4.78 is 5.80. The van der Waals surface area contributed by atoms with E-state index in [9.17, 15) is 9.90 Å². The average molecular weight is 306 g/mol. The molecule has 0 radical (unpaired) electrons. The minimum absolute atomic E-state index is 0.00985. The van der Waals surface area contributed by atoms with Gasteiger partial charge in [0.05, 0.1) is 0 Å². The van der Waals surface area contributed by atoms with Gasteiger partial charge in [0, 0.05) is 10.5 Å². The fraction of sp³-hybridized carbons (Fsp3) is 0.300. The highest BCUT2D eigenvalue weighted by Crippen LogP contribution is 2.14. The molecule has 1 unspecified atom stereocenters. The molecule has 1 rings (SSSR count). The molecule has 0 aromatic heterocycles. The molecule has 1 aromatic rings. The summed E-state index contributed by atoms with van der Waals surface area (Å²) in [5, 5.41) is 9.58. The number of rotatable bonds is 3. The van der Waals surface area contributed by atoms with Crippen molar-refractivity contribution in [2.45, 2.75) is 13.0 Å². The van der Waals surface area contributed by atoms with E-state index in [4.69, 9.17) is 4.74 Å². The highest BCUT2D eigenvalue weighted by atomic mass is 127. The van der Waals surface area contributed by atoms with Crippen LogP contribution in [0.3, 0.4) is 0 Å². The van der Waals surface area contributed by atoms with Crippen molar-refractivity contribution in [1.29, 1.82) is 0 Å². The summed E-state index contributed by atoms with van der Waals surface area (Å²) in [5.74, 6) is -0.380. The molecule has 0 bridgehead atoms. The number of aliphatic hydroxyl groups is 1. The zero-order valence-electron chi connectivity index (χ0n) is 7.74. The van der Waals surface area contributed by atoms with Crippen LogP contribution in [0, 0.1) is 3.57 Å². The van der Waals surface area contributed by atoms with Gasteiger partial charge in [0.25, 0.3) is 0 Å². The SMILES string of the molecule is CC(=O)OCC(O)c1ccc(I)cc1. The number of esters is 1. The van der Waals surface area contributed by atoms with Crippen LogP contribution >= 0.6 is 22.6 Å². The van der Waals surface area contributed by atoms with Crippen LogP contribution in [-0.4, -0.2) is 17.7 Å². The minimum atomic E-state index is -0.740. The number of hydrogen-bond acceptors (Lipinski definition) is 3. The topological polar surface area (TPSA) is 46.5 Å². The molecule has 0 aliphatic heterocycles. The quantitative estimate of drug-likeness (QED) is 0.685. The lowest BCUT2D eigenvalue weighted by atomic mass is 10.1. The molecule has 76 valence electrons. The predicted octanol–water partition coefficient (Wildman–Crippen LogP) is 1.89. The van der Waals surface area contributed by atoms with E-state index in [1.165, 1.54) is 6.92 Å². The molecule has 0 spiro atoms. The van der Waals surface area contributed by atoms with Gasteiger partial charge >= 0.3 is 5.97 Å². The first-order valence-corrected chi connectivity index (χ1v) is 5.24. The van der Waals surface area contributed by atoms with E-state index >= 15 is 0 Å². The van der Waals surface area contributed by atoms with Crippen LogP contribution in [0.5, 0.6) is 0 Å². The molecule has 4 heteroatoms. The number of ether oxygens (including phenoxy) is 1. The first kappa shape index (κ1) is 11.5. The molecule has 0 aliphatic carbocycles. The van der Waals surface area contributed by atoms with Crippen molar-refractivity contribution in [3.63, 3.8) is 0 Å². The van der Waals surface area contributed by atoms with Crippen LogP contribution in [0.1, 0.15) is 18.6 Å². The summed E-state index contributed by atoms with van der Waals surface area (Å²) in [5.41, 5.74) is 0.756. The summed E-state index contributed by atoms with van der Waals surface area (Å²) in [6.45, 7) is 1.33. The Bertz CT molecular complexity index is 308. The maximum atomic E-state index is 10.5. The molecule has 1 N–H and O–H groups in total. The van der Waals surface area contributed by atoms with Gasteiger partial charge < -0.3 is 9.84 Å². The van der Waals surface area contributed by atoms with Gasteiger partial charge in [0.2, 0.25) is 0 Å².